The molecule has 2 amide bonds. The van der Waals surface area contributed by atoms with Gasteiger partial charge in [-0.3, -0.25) is 0 Å². The Morgan fingerprint density at radius 2 is 1.95 bits per heavy atom. The molecule has 1 aliphatic rings. The summed E-state index contributed by atoms with van der Waals surface area (Å²) >= 11 is 0. The lowest BCUT2D eigenvalue weighted by atomic mass is 9.75. The van der Waals surface area contributed by atoms with Crippen molar-refractivity contribution in [1.29, 1.82) is 0 Å². The van der Waals surface area contributed by atoms with Gasteiger partial charge in [-0.15, -0.1) is 0 Å². The Bertz CT molecular complexity index is 299. The molecule has 0 radical (unpaired) electrons. The average molecular weight is 281 g/mol. The van der Waals surface area contributed by atoms with E-state index in [1.54, 1.807) is 0 Å². The number of nitrogens with two attached hydrogens (primary N) is 1. The zero-order valence-corrected chi connectivity index (χ0v) is 11.1. The fourth-order valence-electron chi connectivity index (χ4n) is 2.48. The Kier molecular flexibility index (Phi) is 5.46. The third kappa shape index (κ3) is 5.26. The first-order valence-electron chi connectivity index (χ1n) is 6.63. The van der Waals surface area contributed by atoms with Crippen LogP contribution in [-0.4, -0.2) is 30.8 Å². The number of hydrogen-bond acceptors (Lipinski definition) is 2. The van der Waals surface area contributed by atoms with Crippen molar-refractivity contribution in [3.05, 3.63) is 0 Å². The first-order chi connectivity index (χ1) is 8.80. The van der Waals surface area contributed by atoms with Crippen molar-refractivity contribution >= 4 is 6.03 Å². The van der Waals surface area contributed by atoms with Gasteiger partial charge in [0.05, 0.1) is 5.54 Å². The Labute approximate surface area is 111 Å². The maximum Gasteiger partial charge on any atom is 0.405 e. The normalized spacial score (nSPS) is 27.9. The first kappa shape index (κ1) is 16.1. The number of nitrogens with one attached hydrogen (secondary N) is 2. The second kappa shape index (κ2) is 6.45. The number of urea groups is 1. The molecule has 1 fully saturated rings. The molecule has 0 spiro atoms. The number of rotatable bonds is 4. The molecule has 112 valence electrons. The first-order valence-corrected chi connectivity index (χ1v) is 6.63. The minimum Gasteiger partial charge on any atom is -0.331 e. The molecule has 1 saturated carbocycles. The summed E-state index contributed by atoms with van der Waals surface area (Å²) in [7, 11) is 0. The summed E-state index contributed by atoms with van der Waals surface area (Å²) in [4.78, 5) is 11.5. The van der Waals surface area contributed by atoms with Gasteiger partial charge in [0.1, 0.15) is 6.54 Å². The lowest BCUT2D eigenvalue weighted by Gasteiger charge is -2.39. The van der Waals surface area contributed by atoms with Crippen LogP contribution in [0.15, 0.2) is 0 Å². The number of halogens is 3. The lowest BCUT2D eigenvalue weighted by Crippen LogP contribution is -2.58. The van der Waals surface area contributed by atoms with Crippen molar-refractivity contribution in [1.82, 2.24) is 10.6 Å². The molecule has 0 saturated heterocycles. The molecule has 0 unspecified atom stereocenters. The van der Waals surface area contributed by atoms with Crippen LogP contribution in [-0.2, 0) is 0 Å². The Morgan fingerprint density at radius 1 is 1.37 bits per heavy atom. The van der Waals surface area contributed by atoms with Gasteiger partial charge < -0.3 is 16.4 Å². The molecule has 0 heterocycles. The van der Waals surface area contributed by atoms with Crippen molar-refractivity contribution in [3.63, 3.8) is 0 Å². The van der Waals surface area contributed by atoms with Crippen LogP contribution in [0.3, 0.4) is 0 Å². The largest absolute Gasteiger partial charge is 0.405 e. The molecule has 0 aliphatic heterocycles. The van der Waals surface area contributed by atoms with E-state index in [-0.39, 0.29) is 6.54 Å². The number of carbonyl (C=O) groups excluding carboxylic acids is 1. The highest BCUT2D eigenvalue weighted by atomic mass is 19.4. The standard InChI is InChI=1S/C12H22F3N3O/c1-2-9-3-5-11(7-16,6-4-9)18-10(19)17-8-12(13,14)15/h9H,2-8,16H2,1H3,(H2,17,18,19). The molecular weight excluding hydrogens is 259 g/mol. The molecule has 7 heteroatoms. The molecule has 4 N–H and O–H groups in total. The van der Waals surface area contributed by atoms with Crippen LogP contribution in [0.25, 0.3) is 0 Å². The summed E-state index contributed by atoms with van der Waals surface area (Å²) in [6.45, 7) is 1.05. The summed E-state index contributed by atoms with van der Waals surface area (Å²) in [5.41, 5.74) is 5.14. The topological polar surface area (TPSA) is 67.1 Å². The molecular formula is C12H22F3N3O. The highest BCUT2D eigenvalue weighted by Crippen LogP contribution is 2.33. The zero-order valence-electron chi connectivity index (χ0n) is 11.1. The fraction of sp³-hybridized carbons (Fsp3) is 0.917. The summed E-state index contributed by atoms with van der Waals surface area (Å²) in [6, 6.07) is -0.794. The SMILES string of the molecule is CCC1CCC(CN)(NC(=O)NCC(F)(F)F)CC1. The molecule has 0 atom stereocenters. The Balaban J connectivity index is 2.46. The van der Waals surface area contributed by atoms with E-state index in [9.17, 15) is 18.0 Å². The molecule has 1 aliphatic carbocycles. The van der Waals surface area contributed by atoms with Crippen molar-refractivity contribution in [3.8, 4) is 0 Å². The van der Waals surface area contributed by atoms with Gasteiger partial charge in [0.15, 0.2) is 0 Å². The van der Waals surface area contributed by atoms with Crippen LogP contribution in [0.2, 0.25) is 0 Å². The second-order valence-electron chi connectivity index (χ2n) is 5.26. The molecule has 19 heavy (non-hydrogen) atoms. The van der Waals surface area contributed by atoms with E-state index < -0.39 is 24.3 Å². The van der Waals surface area contributed by atoms with Crippen LogP contribution < -0.4 is 16.4 Å². The van der Waals surface area contributed by atoms with Crippen molar-refractivity contribution in [2.45, 2.75) is 50.7 Å². The number of alkyl halides is 3. The van der Waals surface area contributed by atoms with Gasteiger partial charge in [-0.25, -0.2) is 4.79 Å². The van der Waals surface area contributed by atoms with Gasteiger partial charge >= 0.3 is 12.2 Å². The van der Waals surface area contributed by atoms with Gasteiger partial charge in [-0.1, -0.05) is 13.3 Å². The molecule has 0 aromatic carbocycles. The smallest absolute Gasteiger partial charge is 0.331 e. The highest BCUT2D eigenvalue weighted by molar-refractivity contribution is 5.74. The zero-order chi connectivity index (χ0) is 14.5. The Morgan fingerprint density at radius 3 is 2.37 bits per heavy atom. The molecule has 0 aromatic rings. The summed E-state index contributed by atoms with van der Waals surface area (Å²) in [6.07, 6.45) is 0.0391. The third-order valence-corrected chi connectivity index (χ3v) is 3.86. The quantitative estimate of drug-likeness (QED) is 0.739. The van der Waals surface area contributed by atoms with E-state index in [1.807, 2.05) is 5.32 Å². The fourth-order valence-corrected chi connectivity index (χ4v) is 2.48. The maximum absolute atomic E-state index is 12.0. The van der Waals surface area contributed by atoms with Gasteiger partial charge in [-0.05, 0) is 31.6 Å². The lowest BCUT2D eigenvalue weighted by molar-refractivity contribution is -0.122. The van der Waals surface area contributed by atoms with Gasteiger partial charge in [-0.2, -0.15) is 13.2 Å². The Hall–Kier alpha value is -0.980. The van der Waals surface area contributed by atoms with E-state index in [2.05, 4.69) is 12.2 Å². The van der Waals surface area contributed by atoms with Crippen LogP contribution in [0, 0.1) is 5.92 Å². The highest BCUT2D eigenvalue weighted by Gasteiger charge is 2.36. The summed E-state index contributed by atoms with van der Waals surface area (Å²) in [5, 5.41) is 4.45. The van der Waals surface area contributed by atoms with Crippen LogP contribution in [0.1, 0.15) is 39.0 Å². The van der Waals surface area contributed by atoms with Crippen molar-refractivity contribution in [2.75, 3.05) is 13.1 Å². The maximum atomic E-state index is 12.0. The van der Waals surface area contributed by atoms with Crippen molar-refractivity contribution < 1.29 is 18.0 Å². The van der Waals surface area contributed by atoms with E-state index in [0.717, 1.165) is 32.1 Å². The van der Waals surface area contributed by atoms with Crippen molar-refractivity contribution in [2.24, 2.45) is 11.7 Å². The van der Waals surface area contributed by atoms with E-state index >= 15 is 0 Å². The summed E-state index contributed by atoms with van der Waals surface area (Å²) < 4.78 is 36.0. The molecule has 1 rings (SSSR count). The minimum atomic E-state index is -4.40. The number of hydrogen-bond donors (Lipinski definition) is 3. The number of amides is 2. The van der Waals surface area contributed by atoms with Gasteiger partial charge in [0.25, 0.3) is 0 Å². The monoisotopic (exact) mass is 281 g/mol. The predicted molar refractivity (Wildman–Crippen MR) is 66.6 cm³/mol. The van der Waals surface area contributed by atoms with Crippen LogP contribution in [0.5, 0.6) is 0 Å². The minimum absolute atomic E-state index is 0.253. The van der Waals surface area contributed by atoms with E-state index in [0.29, 0.717) is 5.92 Å². The van der Waals surface area contributed by atoms with E-state index in [4.69, 9.17) is 5.73 Å². The van der Waals surface area contributed by atoms with Crippen LogP contribution >= 0.6 is 0 Å². The average Bonchev–Trinajstić information content (AvgIpc) is 2.36. The number of carbonyl (C=O) groups is 1. The van der Waals surface area contributed by atoms with E-state index in [1.165, 1.54) is 0 Å². The molecule has 0 bridgehead atoms. The van der Waals surface area contributed by atoms with Gasteiger partial charge in [0, 0.05) is 6.54 Å². The third-order valence-electron chi connectivity index (χ3n) is 3.86. The molecule has 4 nitrogen and oxygen atoms in total. The predicted octanol–water partition coefficient (Wildman–Crippen LogP) is 2.15. The second-order valence-corrected chi connectivity index (χ2v) is 5.26. The van der Waals surface area contributed by atoms with Gasteiger partial charge in [0.2, 0.25) is 0 Å². The summed E-state index contributed by atoms with van der Waals surface area (Å²) in [5.74, 6) is 0.625. The molecule has 0 aromatic heterocycles. The van der Waals surface area contributed by atoms with Crippen LogP contribution in [0.4, 0.5) is 18.0 Å².